The molecule has 1 fully saturated rings. The zero-order valence-electron chi connectivity index (χ0n) is 13.7. The van der Waals surface area contributed by atoms with Crippen LogP contribution in [0.3, 0.4) is 0 Å². The lowest BCUT2D eigenvalue weighted by molar-refractivity contribution is 0.110. The number of nitrogens with one attached hydrogen (secondary N) is 1. The van der Waals surface area contributed by atoms with Gasteiger partial charge in [-0.2, -0.15) is 0 Å². The molecule has 0 amide bonds. The van der Waals surface area contributed by atoms with Gasteiger partial charge in [0.05, 0.1) is 13.2 Å². The number of rotatable bonds is 6. The second-order valence-corrected chi connectivity index (χ2v) is 7.43. The van der Waals surface area contributed by atoms with Gasteiger partial charge in [-0.1, -0.05) is 39.0 Å². The van der Waals surface area contributed by atoms with Gasteiger partial charge >= 0.3 is 0 Å². The van der Waals surface area contributed by atoms with Gasteiger partial charge in [-0.15, -0.1) is 0 Å². The predicted molar refractivity (Wildman–Crippen MR) is 86.8 cm³/mol. The van der Waals surface area contributed by atoms with E-state index in [9.17, 15) is 5.11 Å². The van der Waals surface area contributed by atoms with E-state index in [0.29, 0.717) is 18.5 Å². The molecule has 21 heavy (non-hydrogen) atoms. The van der Waals surface area contributed by atoms with Gasteiger partial charge in [0, 0.05) is 12.6 Å². The lowest BCUT2D eigenvalue weighted by atomic mass is 9.75. The summed E-state index contributed by atoms with van der Waals surface area (Å²) in [6, 6.07) is 8.80. The average molecular weight is 291 g/mol. The van der Waals surface area contributed by atoms with Crippen LogP contribution < -0.4 is 10.1 Å². The molecule has 2 rings (SSSR count). The Kier molecular flexibility index (Phi) is 5.28. The minimum atomic E-state index is -0.254. The monoisotopic (exact) mass is 291 g/mol. The number of hydrogen-bond acceptors (Lipinski definition) is 3. The molecule has 2 N–H and O–H groups in total. The molecule has 1 aliphatic rings. The van der Waals surface area contributed by atoms with Crippen LogP contribution in [0.15, 0.2) is 24.3 Å². The molecule has 0 aromatic heterocycles. The lowest BCUT2D eigenvalue weighted by Gasteiger charge is -2.37. The first-order valence-electron chi connectivity index (χ1n) is 7.93. The number of ether oxygens (including phenoxy) is 1. The molecular formula is C18H29NO2. The van der Waals surface area contributed by atoms with Gasteiger partial charge in [-0.3, -0.25) is 0 Å². The highest BCUT2D eigenvalue weighted by Crippen LogP contribution is 2.40. The van der Waals surface area contributed by atoms with Crippen molar-refractivity contribution < 1.29 is 9.84 Å². The molecule has 0 heterocycles. The van der Waals surface area contributed by atoms with Gasteiger partial charge in [-0.05, 0) is 42.2 Å². The average Bonchev–Trinajstić information content (AvgIpc) is 2.35. The van der Waals surface area contributed by atoms with Crippen LogP contribution in [0.4, 0.5) is 0 Å². The summed E-state index contributed by atoms with van der Waals surface area (Å²) in [5.74, 6) is 1.58. The summed E-state index contributed by atoms with van der Waals surface area (Å²) in [6.07, 6.45) is 2.84. The maximum absolute atomic E-state index is 10.0. The van der Waals surface area contributed by atoms with Crippen LogP contribution in [0.1, 0.15) is 51.5 Å². The van der Waals surface area contributed by atoms with Crippen molar-refractivity contribution in [1.82, 2.24) is 5.32 Å². The molecule has 0 saturated heterocycles. The molecule has 1 atom stereocenters. The summed E-state index contributed by atoms with van der Waals surface area (Å²) in [6.45, 7) is 7.19. The zero-order chi connectivity index (χ0) is 15.5. The van der Waals surface area contributed by atoms with E-state index in [2.05, 4.69) is 38.2 Å². The van der Waals surface area contributed by atoms with E-state index >= 15 is 0 Å². The molecule has 0 aliphatic heterocycles. The first-order chi connectivity index (χ1) is 9.89. The highest BCUT2D eigenvalue weighted by Gasteiger charge is 2.32. The van der Waals surface area contributed by atoms with Crippen LogP contribution in [0.2, 0.25) is 0 Å². The molecule has 1 saturated carbocycles. The van der Waals surface area contributed by atoms with Crippen LogP contribution in [-0.4, -0.2) is 30.9 Å². The molecule has 1 unspecified atom stereocenters. The van der Waals surface area contributed by atoms with Crippen LogP contribution in [0, 0.1) is 5.41 Å². The normalized spacial score (nSPS) is 23.5. The van der Waals surface area contributed by atoms with Gasteiger partial charge in [0.25, 0.3) is 0 Å². The van der Waals surface area contributed by atoms with Crippen molar-refractivity contribution in [3.8, 4) is 5.75 Å². The van der Waals surface area contributed by atoms with Crippen LogP contribution in [-0.2, 0) is 0 Å². The van der Waals surface area contributed by atoms with Crippen LogP contribution >= 0.6 is 0 Å². The number of aliphatic hydroxyl groups excluding tert-OH is 1. The maximum Gasteiger partial charge on any atom is 0.122 e. The van der Waals surface area contributed by atoms with E-state index < -0.39 is 0 Å². The van der Waals surface area contributed by atoms with E-state index in [4.69, 9.17) is 4.74 Å². The fourth-order valence-corrected chi connectivity index (χ4v) is 3.12. The van der Waals surface area contributed by atoms with E-state index in [-0.39, 0.29) is 11.5 Å². The van der Waals surface area contributed by atoms with Crippen LogP contribution in [0.5, 0.6) is 5.75 Å². The molecule has 1 aliphatic carbocycles. The summed E-state index contributed by atoms with van der Waals surface area (Å²) in [4.78, 5) is 0. The van der Waals surface area contributed by atoms with E-state index in [0.717, 1.165) is 25.0 Å². The Morgan fingerprint density at radius 2 is 1.95 bits per heavy atom. The van der Waals surface area contributed by atoms with Crippen molar-refractivity contribution >= 4 is 0 Å². The number of hydrogen-bond donors (Lipinski definition) is 2. The van der Waals surface area contributed by atoms with Crippen molar-refractivity contribution in [3.05, 3.63) is 29.8 Å². The minimum absolute atomic E-state index is 0.181. The van der Waals surface area contributed by atoms with Crippen molar-refractivity contribution in [2.24, 2.45) is 5.41 Å². The SMILES string of the molecule is COc1ccccc1C1CC(NCC(O)CC(C)(C)C)C1. The number of aliphatic hydroxyl groups is 1. The Morgan fingerprint density at radius 1 is 1.29 bits per heavy atom. The van der Waals surface area contributed by atoms with E-state index in [1.807, 2.05) is 12.1 Å². The molecule has 3 heteroatoms. The maximum atomic E-state index is 10.0. The fourth-order valence-electron chi connectivity index (χ4n) is 3.12. The Bertz CT molecular complexity index is 447. The number of methoxy groups -OCH3 is 1. The van der Waals surface area contributed by atoms with Crippen molar-refractivity contribution in [1.29, 1.82) is 0 Å². The van der Waals surface area contributed by atoms with E-state index in [1.54, 1.807) is 7.11 Å². The first kappa shape index (κ1) is 16.3. The van der Waals surface area contributed by atoms with Gasteiger partial charge < -0.3 is 15.2 Å². The molecule has 1 aromatic carbocycles. The minimum Gasteiger partial charge on any atom is -0.496 e. The third-order valence-electron chi connectivity index (χ3n) is 4.21. The third-order valence-corrected chi connectivity index (χ3v) is 4.21. The smallest absolute Gasteiger partial charge is 0.122 e. The van der Waals surface area contributed by atoms with Crippen molar-refractivity contribution in [2.75, 3.05) is 13.7 Å². The Morgan fingerprint density at radius 3 is 2.57 bits per heavy atom. The molecule has 0 bridgehead atoms. The highest BCUT2D eigenvalue weighted by atomic mass is 16.5. The lowest BCUT2D eigenvalue weighted by Crippen LogP contribution is -2.44. The van der Waals surface area contributed by atoms with Gasteiger partial charge in [0.1, 0.15) is 5.75 Å². The molecule has 0 spiro atoms. The summed E-state index contributed by atoms with van der Waals surface area (Å²) in [5.41, 5.74) is 1.49. The van der Waals surface area contributed by atoms with Gasteiger partial charge in [-0.25, -0.2) is 0 Å². The van der Waals surface area contributed by atoms with Gasteiger partial charge in [0.2, 0.25) is 0 Å². The Balaban J connectivity index is 1.74. The van der Waals surface area contributed by atoms with Crippen molar-refractivity contribution in [3.63, 3.8) is 0 Å². The number of para-hydroxylation sites is 1. The van der Waals surface area contributed by atoms with E-state index in [1.165, 1.54) is 5.56 Å². The summed E-state index contributed by atoms with van der Waals surface area (Å²) < 4.78 is 5.43. The predicted octanol–water partition coefficient (Wildman–Crippen LogP) is 3.33. The standard InChI is InChI=1S/C18H29NO2/c1-18(2,3)11-15(20)12-19-14-9-13(10-14)16-7-5-6-8-17(16)21-4/h5-8,13-15,19-20H,9-12H2,1-4H3. The summed E-state index contributed by atoms with van der Waals surface area (Å²) in [5, 5.41) is 13.5. The van der Waals surface area contributed by atoms with Gasteiger partial charge in [0.15, 0.2) is 0 Å². The Labute approximate surface area is 128 Å². The molecule has 118 valence electrons. The number of benzene rings is 1. The molecular weight excluding hydrogens is 262 g/mol. The first-order valence-corrected chi connectivity index (χ1v) is 7.93. The molecule has 3 nitrogen and oxygen atoms in total. The second kappa shape index (κ2) is 6.80. The largest absolute Gasteiger partial charge is 0.496 e. The zero-order valence-corrected chi connectivity index (χ0v) is 13.7. The second-order valence-electron chi connectivity index (χ2n) is 7.43. The fraction of sp³-hybridized carbons (Fsp3) is 0.667. The van der Waals surface area contributed by atoms with Crippen LogP contribution in [0.25, 0.3) is 0 Å². The Hall–Kier alpha value is -1.06. The highest BCUT2D eigenvalue weighted by molar-refractivity contribution is 5.37. The summed E-state index contributed by atoms with van der Waals surface area (Å²) >= 11 is 0. The van der Waals surface area contributed by atoms with Crippen molar-refractivity contribution in [2.45, 2.75) is 58.1 Å². The molecule has 0 radical (unpaired) electrons. The third kappa shape index (κ3) is 4.72. The quantitative estimate of drug-likeness (QED) is 0.845. The topological polar surface area (TPSA) is 41.5 Å². The molecule has 1 aromatic rings. The summed E-state index contributed by atoms with van der Waals surface area (Å²) in [7, 11) is 1.73.